The largest absolute Gasteiger partial charge is 0.310 e. The van der Waals surface area contributed by atoms with Crippen molar-refractivity contribution >= 4 is 66.4 Å². The third-order valence-electron chi connectivity index (χ3n) is 13.4. The normalized spacial score (nSPS) is 12.3. The molecule has 0 fully saturated rings. The molecule has 0 radical (unpaired) electrons. The molecule has 0 saturated carbocycles. The zero-order chi connectivity index (χ0) is 44.4. The van der Waals surface area contributed by atoms with Crippen molar-refractivity contribution in [2.24, 2.45) is 0 Å². The molecular weight excluding hydrogens is 749 g/mol. The van der Waals surface area contributed by atoms with Crippen molar-refractivity contribution < 1.29 is 0 Å². The van der Waals surface area contributed by atoms with E-state index in [4.69, 9.17) is 0 Å². The summed E-state index contributed by atoms with van der Waals surface area (Å²) in [5.41, 5.74) is 17.6. The first kappa shape index (κ1) is 42.8. The lowest BCUT2D eigenvalue weighted by Crippen LogP contribution is -2.14. The second-order valence-corrected chi connectivity index (χ2v) is 20.6. The van der Waals surface area contributed by atoms with E-state index >= 15 is 0 Å². The van der Waals surface area contributed by atoms with Crippen LogP contribution in [0.2, 0.25) is 0 Å². The second kappa shape index (κ2) is 16.1. The highest BCUT2D eigenvalue weighted by atomic mass is 15.2. The summed E-state index contributed by atoms with van der Waals surface area (Å²) < 4.78 is 0. The van der Waals surface area contributed by atoms with E-state index in [1.807, 2.05) is 0 Å². The first-order valence-corrected chi connectivity index (χ1v) is 22.7. The Hall–Kier alpha value is -5.86. The van der Waals surface area contributed by atoms with Crippen LogP contribution in [0.15, 0.2) is 133 Å². The summed E-state index contributed by atoms with van der Waals surface area (Å²) in [5.74, 6) is 0.750. The van der Waals surface area contributed by atoms with Crippen LogP contribution in [0.3, 0.4) is 0 Å². The van der Waals surface area contributed by atoms with Gasteiger partial charge in [-0.2, -0.15) is 0 Å². The van der Waals surface area contributed by atoms with Crippen molar-refractivity contribution in [1.29, 1.82) is 0 Å². The maximum Gasteiger partial charge on any atom is 0.0546 e. The Morgan fingerprint density at radius 2 is 0.645 bits per heavy atom. The standard InChI is InChI=1S/C60H66N2/c1-37(2)43-17-29-51-53(33-43)55-35-58(62(50-24-16-40(6)42(8)32-50)48-27-21-46(22-28-48)60(12,13)14)52-30-18-44(38(3)4)34-54(52)56(55)36-57(51)61(49-23-15-39(5)41(7)31-49)47-25-19-45(20-26-47)59(9,10)11/h15-38H,1-14H3. The van der Waals surface area contributed by atoms with Gasteiger partial charge in [-0.25, -0.2) is 0 Å². The van der Waals surface area contributed by atoms with Crippen LogP contribution < -0.4 is 9.80 Å². The summed E-state index contributed by atoms with van der Waals surface area (Å²) in [7, 11) is 0. The quantitative estimate of drug-likeness (QED) is 0.141. The smallest absolute Gasteiger partial charge is 0.0546 e. The van der Waals surface area contributed by atoms with E-state index in [1.165, 1.54) is 88.2 Å². The fourth-order valence-corrected chi connectivity index (χ4v) is 8.94. The maximum absolute atomic E-state index is 2.50. The highest BCUT2D eigenvalue weighted by molar-refractivity contribution is 6.25. The van der Waals surface area contributed by atoms with Crippen LogP contribution in [0.4, 0.5) is 34.1 Å². The number of hydrogen-bond donors (Lipinski definition) is 0. The highest BCUT2D eigenvalue weighted by Crippen LogP contribution is 2.49. The molecule has 0 amide bonds. The third-order valence-corrected chi connectivity index (χ3v) is 13.4. The van der Waals surface area contributed by atoms with E-state index in [0.717, 1.165) is 22.7 Å². The van der Waals surface area contributed by atoms with Gasteiger partial charge in [0.15, 0.2) is 0 Å². The lowest BCUT2D eigenvalue weighted by Gasteiger charge is -2.31. The molecule has 0 spiro atoms. The Kier molecular flexibility index (Phi) is 11.1. The van der Waals surface area contributed by atoms with E-state index in [-0.39, 0.29) is 10.8 Å². The van der Waals surface area contributed by atoms with E-state index in [9.17, 15) is 0 Å². The Bertz CT molecular complexity index is 2750. The van der Waals surface area contributed by atoms with E-state index in [1.54, 1.807) is 0 Å². The molecule has 0 atom stereocenters. The van der Waals surface area contributed by atoms with Gasteiger partial charge in [-0.05, 0) is 177 Å². The third kappa shape index (κ3) is 8.01. The molecule has 0 aliphatic rings. The number of rotatable bonds is 8. The molecule has 0 aromatic heterocycles. The Balaban J connectivity index is 1.52. The predicted octanol–water partition coefficient (Wildman–Crippen LogP) is 18.2. The Labute approximate surface area is 372 Å². The first-order valence-electron chi connectivity index (χ1n) is 22.7. The van der Waals surface area contributed by atoms with E-state index in [0.29, 0.717) is 11.8 Å². The molecule has 8 aromatic rings. The van der Waals surface area contributed by atoms with Crippen molar-refractivity contribution in [1.82, 2.24) is 0 Å². The van der Waals surface area contributed by atoms with Gasteiger partial charge in [-0.15, -0.1) is 0 Å². The zero-order valence-electron chi connectivity index (χ0n) is 39.8. The number of hydrogen-bond acceptors (Lipinski definition) is 2. The van der Waals surface area contributed by atoms with Crippen LogP contribution in [0, 0.1) is 27.7 Å². The van der Waals surface area contributed by atoms with Crippen LogP contribution in [-0.2, 0) is 10.8 Å². The molecule has 0 N–H and O–H groups in total. The maximum atomic E-state index is 2.50. The minimum atomic E-state index is 0.0528. The minimum Gasteiger partial charge on any atom is -0.310 e. The van der Waals surface area contributed by atoms with Gasteiger partial charge in [-0.3, -0.25) is 0 Å². The van der Waals surface area contributed by atoms with Crippen LogP contribution >= 0.6 is 0 Å². The molecule has 62 heavy (non-hydrogen) atoms. The minimum absolute atomic E-state index is 0.0528. The summed E-state index contributed by atoms with van der Waals surface area (Å²) in [6.07, 6.45) is 0. The molecular formula is C60H66N2. The molecule has 8 aromatic carbocycles. The molecule has 8 rings (SSSR count). The van der Waals surface area contributed by atoms with Gasteiger partial charge < -0.3 is 9.80 Å². The lowest BCUT2D eigenvalue weighted by atomic mass is 9.86. The van der Waals surface area contributed by atoms with Gasteiger partial charge >= 0.3 is 0 Å². The van der Waals surface area contributed by atoms with Gasteiger partial charge in [-0.1, -0.05) is 142 Å². The fraction of sp³-hybridized carbons (Fsp3) is 0.300. The number of fused-ring (bicyclic) bond motifs is 5. The number of nitrogens with zero attached hydrogens (tertiary/aromatic N) is 2. The van der Waals surface area contributed by atoms with Crippen molar-refractivity contribution in [2.45, 2.75) is 120 Å². The summed E-state index contributed by atoms with van der Waals surface area (Å²) in [6.45, 7) is 31.9. The molecule has 0 bridgehead atoms. The van der Waals surface area contributed by atoms with E-state index < -0.39 is 0 Å². The Morgan fingerprint density at radius 1 is 0.323 bits per heavy atom. The average Bonchev–Trinajstić information content (AvgIpc) is 3.23. The van der Waals surface area contributed by atoms with Crippen molar-refractivity contribution in [3.63, 3.8) is 0 Å². The van der Waals surface area contributed by atoms with Crippen LogP contribution in [0.25, 0.3) is 32.3 Å². The monoisotopic (exact) mass is 815 g/mol. The highest BCUT2D eigenvalue weighted by Gasteiger charge is 2.25. The molecule has 2 nitrogen and oxygen atoms in total. The van der Waals surface area contributed by atoms with Gasteiger partial charge in [0, 0.05) is 33.5 Å². The van der Waals surface area contributed by atoms with Crippen LogP contribution in [0.5, 0.6) is 0 Å². The fourth-order valence-electron chi connectivity index (χ4n) is 8.94. The molecule has 0 aliphatic heterocycles. The van der Waals surface area contributed by atoms with Crippen molar-refractivity contribution in [3.05, 3.63) is 178 Å². The number of benzene rings is 8. The molecule has 316 valence electrons. The topological polar surface area (TPSA) is 6.48 Å². The van der Waals surface area contributed by atoms with Gasteiger partial charge in [0.2, 0.25) is 0 Å². The number of anilines is 6. The van der Waals surface area contributed by atoms with Gasteiger partial charge in [0.05, 0.1) is 11.4 Å². The van der Waals surface area contributed by atoms with Crippen molar-refractivity contribution in [3.8, 4) is 0 Å². The summed E-state index contributed by atoms with van der Waals surface area (Å²) >= 11 is 0. The summed E-state index contributed by atoms with van der Waals surface area (Å²) in [5, 5.41) is 7.53. The summed E-state index contributed by atoms with van der Waals surface area (Å²) in [4.78, 5) is 5.00. The zero-order valence-corrected chi connectivity index (χ0v) is 39.8. The molecule has 2 heteroatoms. The van der Waals surface area contributed by atoms with Crippen LogP contribution in [-0.4, -0.2) is 0 Å². The van der Waals surface area contributed by atoms with E-state index in [2.05, 4.69) is 240 Å². The molecule has 0 saturated heterocycles. The average molecular weight is 815 g/mol. The van der Waals surface area contributed by atoms with Crippen LogP contribution in [0.1, 0.15) is 126 Å². The van der Waals surface area contributed by atoms with Crippen molar-refractivity contribution in [2.75, 3.05) is 9.80 Å². The predicted molar refractivity (Wildman–Crippen MR) is 273 cm³/mol. The lowest BCUT2D eigenvalue weighted by molar-refractivity contribution is 0.590. The number of aryl methyl sites for hydroxylation is 4. The van der Waals surface area contributed by atoms with Gasteiger partial charge in [0.1, 0.15) is 0 Å². The summed E-state index contributed by atoms with van der Waals surface area (Å²) in [6, 6.07) is 51.8. The Morgan fingerprint density at radius 3 is 0.952 bits per heavy atom. The molecule has 0 aliphatic carbocycles. The second-order valence-electron chi connectivity index (χ2n) is 20.6. The first-order chi connectivity index (χ1) is 29.3. The van der Waals surface area contributed by atoms with Gasteiger partial charge in [0.25, 0.3) is 0 Å². The SMILES string of the molecule is Cc1ccc(N(c2ccc(C(C)(C)C)cc2)c2cc3c4cc(C(C)C)ccc4c(N(c4ccc(C(C)(C)C)cc4)c4ccc(C)c(C)c4)cc3c3cc(C(C)C)ccc23)cc1C. The molecule has 0 unspecified atom stereocenters. The molecule has 0 heterocycles.